The van der Waals surface area contributed by atoms with E-state index in [1.165, 1.54) is 18.6 Å². The van der Waals surface area contributed by atoms with Crippen LogP contribution in [0.2, 0.25) is 0 Å². The fourth-order valence-corrected chi connectivity index (χ4v) is 3.72. The molecule has 1 aliphatic rings. The minimum atomic E-state index is -4.70. The summed E-state index contributed by atoms with van der Waals surface area (Å²) in [4.78, 5) is 6.95. The molecule has 0 radical (unpaired) electrons. The number of nitrogens with two attached hydrogens (primary N) is 2. The Morgan fingerprint density at radius 3 is 2.19 bits per heavy atom. The van der Waals surface area contributed by atoms with Gasteiger partial charge in [0.25, 0.3) is 0 Å². The maximum atomic E-state index is 14.0. The molecule has 4 N–H and O–H groups in total. The molecule has 1 aliphatic carbocycles. The summed E-state index contributed by atoms with van der Waals surface area (Å²) >= 11 is 3.18. The molecule has 198 valence electrons. The van der Waals surface area contributed by atoms with Crippen LogP contribution in [0.4, 0.5) is 22.0 Å². The van der Waals surface area contributed by atoms with Gasteiger partial charge >= 0.3 is 6.18 Å². The first kappa shape index (κ1) is 33.1. The smallest absolute Gasteiger partial charge is 0.401 e. The number of alkyl halides is 3. The normalized spacial score (nSPS) is 15.4. The van der Waals surface area contributed by atoms with Crippen molar-refractivity contribution in [2.75, 3.05) is 0 Å². The van der Waals surface area contributed by atoms with E-state index in [0.29, 0.717) is 24.8 Å². The summed E-state index contributed by atoms with van der Waals surface area (Å²) < 4.78 is 67.2. The molecule has 2 aromatic rings. The standard InChI is InChI=1S/C19H16BrF5N4.C3H8.C2H6.C2H2/c20-11-8-28-18(19(23,24)25)29-17(11)10-4-1-3-9(16(10)27)7-14(26)15-12(21)5-2-6-13(15)22;1-3-2;2*1-2/h2,5-8,10H,1,3-4,26-27H2;3H2,1-2H3;1-2H3;1-2H/b14-7-;;;. The summed E-state index contributed by atoms with van der Waals surface area (Å²) in [5, 5.41) is 0. The quantitative estimate of drug-likeness (QED) is 0.290. The summed E-state index contributed by atoms with van der Waals surface area (Å²) in [6.45, 7) is 8.25. The van der Waals surface area contributed by atoms with Crippen LogP contribution in [0.5, 0.6) is 0 Å². The molecule has 4 nitrogen and oxygen atoms in total. The summed E-state index contributed by atoms with van der Waals surface area (Å²) in [5.74, 6) is -3.52. The number of halogens is 6. The molecule has 0 amide bonds. The van der Waals surface area contributed by atoms with Crippen LogP contribution in [0.15, 0.2) is 46.2 Å². The first-order valence-electron chi connectivity index (χ1n) is 11.3. The van der Waals surface area contributed by atoms with Gasteiger partial charge in [-0.25, -0.2) is 18.7 Å². The molecule has 0 saturated carbocycles. The highest BCUT2D eigenvalue weighted by Gasteiger charge is 2.36. The topological polar surface area (TPSA) is 77.8 Å². The van der Waals surface area contributed by atoms with Gasteiger partial charge in [0, 0.05) is 23.5 Å². The van der Waals surface area contributed by atoms with Crippen LogP contribution in [0, 0.1) is 24.5 Å². The number of rotatable bonds is 3. The lowest BCUT2D eigenvalue weighted by atomic mass is 9.84. The van der Waals surface area contributed by atoms with Crippen molar-refractivity contribution in [3.63, 3.8) is 0 Å². The summed E-state index contributed by atoms with van der Waals surface area (Å²) in [7, 11) is 0. The third-order valence-corrected chi connectivity index (χ3v) is 5.23. The van der Waals surface area contributed by atoms with Gasteiger partial charge in [-0.05, 0) is 59.0 Å². The fraction of sp³-hybridized carbons (Fsp3) is 0.385. The van der Waals surface area contributed by atoms with Gasteiger partial charge in [-0.1, -0.05) is 40.2 Å². The number of hydrogen-bond donors (Lipinski definition) is 2. The maximum absolute atomic E-state index is 14.0. The highest BCUT2D eigenvalue weighted by molar-refractivity contribution is 9.10. The lowest BCUT2D eigenvalue weighted by Crippen LogP contribution is -2.21. The minimum Gasteiger partial charge on any atom is -0.401 e. The van der Waals surface area contributed by atoms with Crippen LogP contribution in [0.1, 0.15) is 76.4 Å². The van der Waals surface area contributed by atoms with Gasteiger partial charge in [-0.2, -0.15) is 13.2 Å². The zero-order chi connectivity index (χ0) is 28.1. The van der Waals surface area contributed by atoms with Gasteiger partial charge in [-0.15, -0.1) is 12.8 Å². The number of allylic oxidation sites excluding steroid dienone is 3. The first-order valence-corrected chi connectivity index (χ1v) is 12.1. The molecule has 3 rings (SSSR count). The summed E-state index contributed by atoms with van der Waals surface area (Å²) in [5.41, 5.74) is 12.4. The molecule has 0 aliphatic heterocycles. The van der Waals surface area contributed by atoms with Crippen molar-refractivity contribution in [2.45, 2.75) is 65.5 Å². The number of aromatic nitrogens is 2. The molecule has 1 atom stereocenters. The van der Waals surface area contributed by atoms with Crippen LogP contribution in [0.25, 0.3) is 5.70 Å². The van der Waals surface area contributed by atoms with Gasteiger partial charge in [-0.3, -0.25) is 0 Å². The summed E-state index contributed by atoms with van der Waals surface area (Å²) in [6, 6.07) is 3.38. The van der Waals surface area contributed by atoms with Crippen LogP contribution in [-0.2, 0) is 6.18 Å². The molecule has 0 spiro atoms. The molecule has 1 unspecified atom stereocenters. The predicted octanol–water partition coefficient (Wildman–Crippen LogP) is 7.71. The lowest BCUT2D eigenvalue weighted by molar-refractivity contribution is -0.145. The van der Waals surface area contributed by atoms with E-state index >= 15 is 0 Å². The Bertz CT molecular complexity index is 1040. The van der Waals surface area contributed by atoms with Crippen molar-refractivity contribution in [2.24, 2.45) is 11.5 Å². The molecule has 1 aromatic heterocycles. The van der Waals surface area contributed by atoms with E-state index in [1.807, 2.05) is 13.8 Å². The predicted molar refractivity (Wildman–Crippen MR) is 138 cm³/mol. The average molecular weight is 575 g/mol. The Kier molecular flexibility index (Phi) is 14.6. The Balaban J connectivity index is 0.00000159. The van der Waals surface area contributed by atoms with Crippen LogP contribution in [0.3, 0.4) is 0 Å². The van der Waals surface area contributed by atoms with Crippen molar-refractivity contribution in [3.05, 3.63) is 74.9 Å². The van der Waals surface area contributed by atoms with Crippen molar-refractivity contribution in [1.82, 2.24) is 9.97 Å². The third-order valence-electron chi connectivity index (χ3n) is 4.62. The second-order valence-electron chi connectivity index (χ2n) is 7.25. The van der Waals surface area contributed by atoms with E-state index in [9.17, 15) is 22.0 Å². The minimum absolute atomic E-state index is 0.103. The van der Waals surface area contributed by atoms with E-state index in [-0.39, 0.29) is 27.1 Å². The number of nitrogens with zero attached hydrogens (tertiary/aromatic N) is 2. The molecule has 0 fully saturated rings. The van der Waals surface area contributed by atoms with Crippen molar-refractivity contribution >= 4 is 21.6 Å². The summed E-state index contributed by atoms with van der Waals surface area (Å²) in [6.07, 6.45) is 8.46. The van der Waals surface area contributed by atoms with E-state index in [4.69, 9.17) is 11.5 Å². The number of benzene rings is 1. The second kappa shape index (κ2) is 15.9. The maximum Gasteiger partial charge on any atom is 0.451 e. The largest absolute Gasteiger partial charge is 0.451 e. The Morgan fingerprint density at radius 2 is 1.69 bits per heavy atom. The zero-order valence-corrected chi connectivity index (χ0v) is 22.4. The van der Waals surface area contributed by atoms with Gasteiger partial charge in [0.15, 0.2) is 0 Å². The number of terminal acetylenes is 1. The Labute approximate surface area is 218 Å². The molecular formula is C26H32BrF5N4. The van der Waals surface area contributed by atoms with Gasteiger partial charge in [0.1, 0.15) is 11.6 Å². The SMILES string of the molecule is C#C.CC.CCC.NC1=C(/C=C(\N)c2c(F)cccc2F)CCCC1c1nc(C(F)(F)F)ncc1Br. The molecule has 0 saturated heterocycles. The fourth-order valence-electron chi connectivity index (χ4n) is 3.25. The van der Waals surface area contributed by atoms with Crippen molar-refractivity contribution < 1.29 is 22.0 Å². The van der Waals surface area contributed by atoms with Gasteiger partial charge in [0.2, 0.25) is 5.82 Å². The zero-order valence-electron chi connectivity index (χ0n) is 20.8. The van der Waals surface area contributed by atoms with E-state index < -0.39 is 29.6 Å². The lowest BCUT2D eigenvalue weighted by Gasteiger charge is -2.26. The highest BCUT2D eigenvalue weighted by Crippen LogP contribution is 2.39. The molecule has 1 aromatic carbocycles. The second-order valence-corrected chi connectivity index (χ2v) is 8.11. The highest BCUT2D eigenvalue weighted by atomic mass is 79.9. The van der Waals surface area contributed by atoms with E-state index in [2.05, 4.69) is 52.6 Å². The average Bonchev–Trinajstić information content (AvgIpc) is 2.83. The molecule has 10 heteroatoms. The molecule has 0 bridgehead atoms. The third kappa shape index (κ3) is 8.94. The first-order chi connectivity index (χ1) is 17.0. The van der Waals surface area contributed by atoms with Crippen LogP contribution in [-0.4, -0.2) is 9.97 Å². The van der Waals surface area contributed by atoms with E-state index in [0.717, 1.165) is 18.3 Å². The van der Waals surface area contributed by atoms with Crippen molar-refractivity contribution in [3.8, 4) is 12.8 Å². The molecular weight excluding hydrogens is 543 g/mol. The van der Waals surface area contributed by atoms with Crippen LogP contribution >= 0.6 is 15.9 Å². The number of hydrogen-bond acceptors (Lipinski definition) is 4. The molecule has 1 heterocycles. The Morgan fingerprint density at radius 1 is 1.17 bits per heavy atom. The van der Waals surface area contributed by atoms with Gasteiger partial charge in [0.05, 0.1) is 15.7 Å². The Hall–Kier alpha value is -2.93. The van der Waals surface area contributed by atoms with Crippen LogP contribution < -0.4 is 11.5 Å². The van der Waals surface area contributed by atoms with E-state index in [1.54, 1.807) is 0 Å². The molecule has 36 heavy (non-hydrogen) atoms. The van der Waals surface area contributed by atoms with Gasteiger partial charge < -0.3 is 11.5 Å². The van der Waals surface area contributed by atoms with Crippen molar-refractivity contribution in [1.29, 1.82) is 0 Å². The monoisotopic (exact) mass is 574 g/mol.